The molecule has 0 aromatic heterocycles. The Hall–Kier alpha value is -1.29. The first-order valence-electron chi connectivity index (χ1n) is 15.0. The maximum absolute atomic E-state index is 14.1. The van der Waals surface area contributed by atoms with Gasteiger partial charge in [0.1, 0.15) is 5.60 Å². The average Bonchev–Trinajstić information content (AvgIpc) is 2.84. The topological polar surface area (TPSA) is 107 Å². The highest BCUT2D eigenvalue weighted by molar-refractivity contribution is 7.87. The van der Waals surface area contributed by atoms with E-state index in [9.17, 15) is 26.8 Å². The van der Waals surface area contributed by atoms with Gasteiger partial charge in [-0.25, -0.2) is 4.79 Å². The molecule has 1 N–H and O–H groups in total. The van der Waals surface area contributed by atoms with Crippen LogP contribution in [-0.2, 0) is 29.2 Å². The van der Waals surface area contributed by atoms with E-state index < -0.39 is 37.8 Å². The van der Waals surface area contributed by atoms with E-state index in [4.69, 9.17) is 14.0 Å². The van der Waals surface area contributed by atoms with Gasteiger partial charge in [0.2, 0.25) is 0 Å². The minimum atomic E-state index is -5.92. The zero-order valence-corrected chi connectivity index (χ0v) is 23.4. The molecule has 9 rings (SSSR count). The Kier molecular flexibility index (Phi) is 5.72. The molecule has 0 aliphatic heterocycles. The molecular weight excluding hydrogens is 530 g/mol. The predicted molar refractivity (Wildman–Crippen MR) is 135 cm³/mol. The van der Waals surface area contributed by atoms with E-state index >= 15 is 0 Å². The van der Waals surface area contributed by atoms with Crippen LogP contribution in [0.1, 0.15) is 90.4 Å². The fourth-order valence-corrected chi connectivity index (χ4v) is 12.1. The summed E-state index contributed by atoms with van der Waals surface area (Å²) in [7, 11) is -5.92. The predicted octanol–water partition coefficient (Wildman–Crippen LogP) is 5.38. The van der Waals surface area contributed by atoms with Crippen LogP contribution in [0, 0.1) is 58.2 Å². The van der Waals surface area contributed by atoms with Crippen molar-refractivity contribution in [3.05, 3.63) is 0 Å². The summed E-state index contributed by atoms with van der Waals surface area (Å²) in [6.07, 6.45) is 12.2. The van der Waals surface area contributed by atoms with E-state index in [0.717, 1.165) is 56.3 Å². The standard InChI is InChI=1S/C29H40F2O7S/c1-2-16-4-21-19-6-20-12-27(11-19,13-23(21)22(20)5-16)24(32)38-28-9-17-3-18(10-28)8-26(7-17,14-28)15-37-25(33)29(30,31)39(34,35)36/h16-23H,2-15H2,1H3,(H,34,35,36). The highest BCUT2D eigenvalue weighted by Crippen LogP contribution is 2.70. The molecule has 0 radical (unpaired) electrons. The molecule has 9 aliphatic carbocycles. The lowest BCUT2D eigenvalue weighted by Gasteiger charge is -2.66. The molecule has 10 bridgehead atoms. The summed E-state index contributed by atoms with van der Waals surface area (Å²) in [4.78, 5) is 26.1. The van der Waals surface area contributed by atoms with E-state index in [1.165, 1.54) is 25.7 Å². The van der Waals surface area contributed by atoms with Gasteiger partial charge in [-0.05, 0) is 124 Å². The second kappa shape index (κ2) is 8.39. The zero-order valence-electron chi connectivity index (χ0n) is 22.6. The second-order valence-corrected chi connectivity index (χ2v) is 16.5. The highest BCUT2D eigenvalue weighted by Gasteiger charge is 2.66. The number of esters is 2. The Labute approximate surface area is 228 Å². The van der Waals surface area contributed by atoms with Crippen molar-refractivity contribution in [3.63, 3.8) is 0 Å². The average molecular weight is 571 g/mol. The number of halogens is 2. The van der Waals surface area contributed by atoms with Gasteiger partial charge in [-0.1, -0.05) is 13.3 Å². The first kappa shape index (κ1) is 26.6. The van der Waals surface area contributed by atoms with Crippen molar-refractivity contribution >= 4 is 22.1 Å². The molecule has 6 atom stereocenters. The molecule has 9 saturated carbocycles. The number of hydrogen-bond donors (Lipinski definition) is 1. The molecule has 39 heavy (non-hydrogen) atoms. The monoisotopic (exact) mass is 570 g/mol. The molecular formula is C29H40F2O7S. The lowest BCUT2D eigenvalue weighted by molar-refractivity contribution is -0.235. The minimum Gasteiger partial charge on any atom is -0.460 e. The fraction of sp³-hybridized carbons (Fsp3) is 0.931. The van der Waals surface area contributed by atoms with Crippen molar-refractivity contribution in [1.82, 2.24) is 0 Å². The van der Waals surface area contributed by atoms with Crippen LogP contribution in [0.25, 0.3) is 0 Å². The third-order valence-corrected chi connectivity index (χ3v) is 13.4. The lowest BCUT2D eigenvalue weighted by atomic mass is 9.39. The number of hydrogen-bond acceptors (Lipinski definition) is 6. The molecule has 6 unspecified atom stereocenters. The van der Waals surface area contributed by atoms with E-state index in [2.05, 4.69) is 6.92 Å². The normalized spacial score (nSPS) is 49.2. The van der Waals surface area contributed by atoms with Gasteiger partial charge in [-0.3, -0.25) is 9.35 Å². The fourth-order valence-electron chi connectivity index (χ4n) is 11.8. The Morgan fingerprint density at radius 2 is 1.51 bits per heavy atom. The number of ether oxygens (including phenoxy) is 2. The van der Waals surface area contributed by atoms with Crippen LogP contribution in [0.2, 0.25) is 0 Å². The molecule has 0 amide bonds. The maximum atomic E-state index is 14.1. The van der Waals surface area contributed by atoms with Crippen molar-refractivity contribution in [2.75, 3.05) is 6.61 Å². The minimum absolute atomic E-state index is 0.0567. The SMILES string of the molecule is CCC1CC2C3CC4CC(C(=O)OC56CC7CC(CC(COC(=O)C(F)(F)S(=O)(=O)O)(C7)C5)C6)(C3)CC2C4C1. The Morgan fingerprint density at radius 3 is 2.08 bits per heavy atom. The molecule has 10 heteroatoms. The van der Waals surface area contributed by atoms with Gasteiger partial charge in [0.25, 0.3) is 0 Å². The van der Waals surface area contributed by atoms with E-state index in [1.807, 2.05) is 0 Å². The van der Waals surface area contributed by atoms with Crippen LogP contribution in [0.5, 0.6) is 0 Å². The number of rotatable bonds is 7. The van der Waals surface area contributed by atoms with Crippen LogP contribution >= 0.6 is 0 Å². The Balaban J connectivity index is 1.08. The Morgan fingerprint density at radius 1 is 0.897 bits per heavy atom. The van der Waals surface area contributed by atoms with E-state index in [-0.39, 0.29) is 24.4 Å². The number of alkyl halides is 2. The maximum Gasteiger partial charge on any atom is 0.465 e. The number of carbonyl (C=O) groups excluding carboxylic acids is 2. The zero-order chi connectivity index (χ0) is 27.6. The van der Waals surface area contributed by atoms with E-state index in [0.29, 0.717) is 37.0 Å². The molecule has 0 heterocycles. The molecule has 9 fully saturated rings. The van der Waals surface area contributed by atoms with Crippen molar-refractivity contribution in [2.45, 2.75) is 101 Å². The van der Waals surface area contributed by atoms with Crippen LogP contribution in [0.4, 0.5) is 8.78 Å². The summed E-state index contributed by atoms with van der Waals surface area (Å²) in [5.74, 6) is 2.40. The molecule has 218 valence electrons. The summed E-state index contributed by atoms with van der Waals surface area (Å²) < 4.78 is 69.9. The second-order valence-electron chi connectivity index (χ2n) is 15.0. The van der Waals surface area contributed by atoms with Crippen LogP contribution in [-0.4, -0.2) is 42.4 Å². The van der Waals surface area contributed by atoms with Crippen molar-refractivity contribution in [3.8, 4) is 0 Å². The first-order chi connectivity index (χ1) is 18.3. The van der Waals surface area contributed by atoms with Gasteiger partial charge < -0.3 is 9.47 Å². The summed E-state index contributed by atoms with van der Waals surface area (Å²) in [5, 5.41) is -5.01. The molecule has 0 aromatic carbocycles. The third-order valence-electron chi connectivity index (χ3n) is 12.6. The summed E-state index contributed by atoms with van der Waals surface area (Å²) >= 11 is 0. The quantitative estimate of drug-likeness (QED) is 0.323. The Bertz CT molecular complexity index is 1150. The van der Waals surface area contributed by atoms with Gasteiger partial charge in [0.05, 0.1) is 12.0 Å². The van der Waals surface area contributed by atoms with Gasteiger partial charge in [0.15, 0.2) is 0 Å². The van der Waals surface area contributed by atoms with E-state index in [1.54, 1.807) is 0 Å². The van der Waals surface area contributed by atoms with Crippen molar-refractivity contribution in [1.29, 1.82) is 0 Å². The largest absolute Gasteiger partial charge is 0.465 e. The van der Waals surface area contributed by atoms with Crippen LogP contribution in [0.15, 0.2) is 0 Å². The molecule has 0 spiro atoms. The summed E-state index contributed by atoms with van der Waals surface area (Å²) in [6.45, 7) is 1.95. The van der Waals surface area contributed by atoms with Gasteiger partial charge >= 0.3 is 27.3 Å². The third kappa shape index (κ3) is 3.96. The number of carbonyl (C=O) groups is 2. The van der Waals surface area contributed by atoms with Crippen molar-refractivity contribution < 1.29 is 40.8 Å². The van der Waals surface area contributed by atoms with Crippen LogP contribution in [0.3, 0.4) is 0 Å². The summed E-state index contributed by atoms with van der Waals surface area (Å²) in [5.41, 5.74) is -1.69. The summed E-state index contributed by atoms with van der Waals surface area (Å²) in [6, 6.07) is 0. The first-order valence-corrected chi connectivity index (χ1v) is 16.5. The highest BCUT2D eigenvalue weighted by atomic mass is 32.2. The molecule has 0 saturated heterocycles. The molecule has 9 aliphatic rings. The van der Waals surface area contributed by atoms with Crippen molar-refractivity contribution in [2.24, 2.45) is 58.2 Å². The van der Waals surface area contributed by atoms with Gasteiger partial charge in [0, 0.05) is 5.41 Å². The lowest BCUT2D eigenvalue weighted by Crippen LogP contribution is -2.63. The molecule has 0 aromatic rings. The molecule has 7 nitrogen and oxygen atoms in total. The van der Waals surface area contributed by atoms with Crippen LogP contribution < -0.4 is 0 Å². The van der Waals surface area contributed by atoms with Gasteiger partial charge in [-0.15, -0.1) is 0 Å². The van der Waals surface area contributed by atoms with Gasteiger partial charge in [-0.2, -0.15) is 17.2 Å². The smallest absolute Gasteiger partial charge is 0.460 e.